The van der Waals surface area contributed by atoms with Crippen molar-refractivity contribution in [3.8, 4) is 0 Å². The second kappa shape index (κ2) is 5.75. The molecule has 3 heteroatoms. The molecule has 0 aliphatic carbocycles. The van der Waals surface area contributed by atoms with Crippen LogP contribution in [0.15, 0.2) is 0 Å². The van der Waals surface area contributed by atoms with E-state index in [2.05, 4.69) is 0 Å². The van der Waals surface area contributed by atoms with Gasteiger partial charge in [-0.1, -0.05) is 0 Å². The summed E-state index contributed by atoms with van der Waals surface area (Å²) in [6.45, 7) is 3.94. The van der Waals surface area contributed by atoms with Crippen LogP contribution in [0.1, 0.15) is 33.1 Å². The minimum absolute atomic E-state index is 0.117. The van der Waals surface area contributed by atoms with Crippen LogP contribution in [0.25, 0.3) is 0 Å². The molecule has 0 bridgehead atoms. The molecule has 0 heterocycles. The van der Waals surface area contributed by atoms with E-state index < -0.39 is 0 Å². The minimum Gasteiger partial charge on any atom is -0.343 e. The Kier molecular flexibility index (Phi) is 5.34. The van der Waals surface area contributed by atoms with Gasteiger partial charge in [-0.05, 0) is 20.3 Å². The lowest BCUT2D eigenvalue weighted by molar-refractivity contribution is -0.131. The number of aldehydes is 1. The van der Waals surface area contributed by atoms with Gasteiger partial charge < -0.3 is 9.69 Å². The van der Waals surface area contributed by atoms with Crippen molar-refractivity contribution in [2.45, 2.75) is 39.2 Å². The number of amides is 1. The Morgan fingerprint density at radius 1 is 1.50 bits per heavy atom. The number of hydrogen-bond acceptors (Lipinski definition) is 2. The molecule has 0 aromatic heterocycles. The number of rotatable bonds is 5. The highest BCUT2D eigenvalue weighted by Gasteiger charge is 2.10. The van der Waals surface area contributed by atoms with E-state index in [0.717, 1.165) is 6.29 Å². The molecule has 70 valence electrons. The van der Waals surface area contributed by atoms with Gasteiger partial charge in [0.25, 0.3) is 0 Å². The summed E-state index contributed by atoms with van der Waals surface area (Å²) in [7, 11) is 1.79. The summed E-state index contributed by atoms with van der Waals surface area (Å²) >= 11 is 0. The molecule has 3 nitrogen and oxygen atoms in total. The van der Waals surface area contributed by atoms with Gasteiger partial charge >= 0.3 is 0 Å². The third-order valence-corrected chi connectivity index (χ3v) is 1.88. The summed E-state index contributed by atoms with van der Waals surface area (Å²) in [5.74, 6) is 0.117. The van der Waals surface area contributed by atoms with Crippen LogP contribution in [-0.4, -0.2) is 30.2 Å². The van der Waals surface area contributed by atoms with Crippen LogP contribution in [0.3, 0.4) is 0 Å². The van der Waals surface area contributed by atoms with E-state index in [0.29, 0.717) is 19.3 Å². The molecule has 0 aromatic carbocycles. The van der Waals surface area contributed by atoms with E-state index in [9.17, 15) is 9.59 Å². The highest BCUT2D eigenvalue weighted by Crippen LogP contribution is 2.01. The molecular weight excluding hydrogens is 154 g/mol. The van der Waals surface area contributed by atoms with Crippen molar-refractivity contribution >= 4 is 12.2 Å². The van der Waals surface area contributed by atoms with E-state index in [1.165, 1.54) is 0 Å². The Bertz CT molecular complexity index is 155. The van der Waals surface area contributed by atoms with Crippen molar-refractivity contribution in [1.82, 2.24) is 4.90 Å². The average molecular weight is 171 g/mol. The second-order valence-corrected chi connectivity index (χ2v) is 3.16. The summed E-state index contributed by atoms with van der Waals surface area (Å²) in [5, 5.41) is 0. The summed E-state index contributed by atoms with van der Waals surface area (Å²) in [4.78, 5) is 22.9. The highest BCUT2D eigenvalue weighted by molar-refractivity contribution is 5.76. The van der Waals surface area contributed by atoms with E-state index in [4.69, 9.17) is 0 Å². The van der Waals surface area contributed by atoms with Crippen molar-refractivity contribution in [2.75, 3.05) is 7.05 Å². The Labute approximate surface area is 73.7 Å². The molecule has 0 aliphatic heterocycles. The summed E-state index contributed by atoms with van der Waals surface area (Å²) in [6.07, 6.45) is 2.48. The first-order chi connectivity index (χ1) is 5.59. The van der Waals surface area contributed by atoms with E-state index in [-0.39, 0.29) is 11.9 Å². The van der Waals surface area contributed by atoms with Crippen LogP contribution in [0.4, 0.5) is 0 Å². The third-order valence-electron chi connectivity index (χ3n) is 1.88. The second-order valence-electron chi connectivity index (χ2n) is 3.16. The molecule has 0 radical (unpaired) electrons. The SMILES string of the molecule is CC(C)N(C)C(=O)CCCC=O. The molecule has 0 atom stereocenters. The van der Waals surface area contributed by atoms with Gasteiger partial charge in [0.15, 0.2) is 0 Å². The third kappa shape index (κ3) is 4.11. The number of nitrogens with zero attached hydrogens (tertiary/aromatic N) is 1. The van der Waals surface area contributed by atoms with Gasteiger partial charge in [0.1, 0.15) is 6.29 Å². The van der Waals surface area contributed by atoms with E-state index in [1.54, 1.807) is 11.9 Å². The summed E-state index contributed by atoms with van der Waals surface area (Å²) in [5.41, 5.74) is 0. The Balaban J connectivity index is 3.64. The summed E-state index contributed by atoms with van der Waals surface area (Å²) in [6, 6.07) is 0.244. The van der Waals surface area contributed by atoms with Crippen LogP contribution in [0.2, 0.25) is 0 Å². The smallest absolute Gasteiger partial charge is 0.222 e. The van der Waals surface area contributed by atoms with Crippen molar-refractivity contribution in [3.63, 3.8) is 0 Å². The topological polar surface area (TPSA) is 37.4 Å². The number of hydrogen-bond donors (Lipinski definition) is 0. The van der Waals surface area contributed by atoms with Crippen molar-refractivity contribution in [3.05, 3.63) is 0 Å². The van der Waals surface area contributed by atoms with Gasteiger partial charge in [-0.2, -0.15) is 0 Å². The van der Waals surface area contributed by atoms with E-state index >= 15 is 0 Å². The molecule has 1 amide bonds. The van der Waals surface area contributed by atoms with Crippen LogP contribution in [-0.2, 0) is 9.59 Å². The first-order valence-corrected chi connectivity index (χ1v) is 4.29. The molecule has 0 saturated heterocycles. The predicted octanol–water partition coefficient (Wildman–Crippen LogP) is 1.22. The molecule has 0 fully saturated rings. The molecule has 0 rings (SSSR count). The molecule has 0 aliphatic rings. The fourth-order valence-electron chi connectivity index (χ4n) is 0.801. The van der Waals surface area contributed by atoms with Gasteiger partial charge in [-0.15, -0.1) is 0 Å². The molecule has 0 unspecified atom stereocenters. The maximum Gasteiger partial charge on any atom is 0.222 e. The quantitative estimate of drug-likeness (QED) is 0.461. The first-order valence-electron chi connectivity index (χ1n) is 4.29. The van der Waals surface area contributed by atoms with Crippen LogP contribution in [0, 0.1) is 0 Å². The van der Waals surface area contributed by atoms with Gasteiger partial charge in [0, 0.05) is 25.9 Å². The number of carbonyl (C=O) groups excluding carboxylic acids is 2. The molecular formula is C9H17NO2. The maximum atomic E-state index is 11.3. The zero-order chi connectivity index (χ0) is 9.56. The largest absolute Gasteiger partial charge is 0.343 e. The Morgan fingerprint density at radius 3 is 2.50 bits per heavy atom. The van der Waals surface area contributed by atoms with Gasteiger partial charge in [-0.3, -0.25) is 4.79 Å². The van der Waals surface area contributed by atoms with Crippen LogP contribution in [0.5, 0.6) is 0 Å². The Morgan fingerprint density at radius 2 is 2.08 bits per heavy atom. The number of carbonyl (C=O) groups is 2. The Hall–Kier alpha value is -0.860. The first kappa shape index (κ1) is 11.1. The van der Waals surface area contributed by atoms with Crippen molar-refractivity contribution in [2.24, 2.45) is 0 Å². The lowest BCUT2D eigenvalue weighted by atomic mass is 10.2. The monoisotopic (exact) mass is 171 g/mol. The standard InChI is InChI=1S/C9H17NO2/c1-8(2)10(3)9(12)6-4-5-7-11/h7-8H,4-6H2,1-3H3. The average Bonchev–Trinajstić information content (AvgIpc) is 2.03. The van der Waals surface area contributed by atoms with Gasteiger partial charge in [-0.25, -0.2) is 0 Å². The molecule has 0 spiro atoms. The lowest BCUT2D eigenvalue weighted by Crippen LogP contribution is -2.32. The molecule has 0 saturated carbocycles. The normalized spacial score (nSPS) is 10.0. The predicted molar refractivity (Wildman–Crippen MR) is 47.8 cm³/mol. The lowest BCUT2D eigenvalue weighted by Gasteiger charge is -2.21. The highest BCUT2D eigenvalue weighted by atomic mass is 16.2. The minimum atomic E-state index is 0.117. The maximum absolute atomic E-state index is 11.3. The van der Waals surface area contributed by atoms with Crippen molar-refractivity contribution in [1.29, 1.82) is 0 Å². The van der Waals surface area contributed by atoms with Gasteiger partial charge in [0.2, 0.25) is 5.91 Å². The fraction of sp³-hybridized carbons (Fsp3) is 0.778. The van der Waals surface area contributed by atoms with Crippen molar-refractivity contribution < 1.29 is 9.59 Å². The molecule has 0 aromatic rings. The van der Waals surface area contributed by atoms with Crippen LogP contribution >= 0.6 is 0 Å². The number of unbranched alkanes of at least 4 members (excludes halogenated alkanes) is 1. The van der Waals surface area contributed by atoms with Crippen LogP contribution < -0.4 is 0 Å². The van der Waals surface area contributed by atoms with E-state index in [1.807, 2.05) is 13.8 Å². The molecule has 0 N–H and O–H groups in total. The fourth-order valence-corrected chi connectivity index (χ4v) is 0.801. The van der Waals surface area contributed by atoms with Gasteiger partial charge in [0.05, 0.1) is 0 Å². The summed E-state index contributed by atoms with van der Waals surface area (Å²) < 4.78 is 0. The zero-order valence-corrected chi connectivity index (χ0v) is 8.04. The molecule has 12 heavy (non-hydrogen) atoms. The zero-order valence-electron chi connectivity index (χ0n) is 8.04.